The third-order valence-electron chi connectivity index (χ3n) is 4.34. The van der Waals surface area contributed by atoms with E-state index in [1.165, 1.54) is 11.1 Å². The molecule has 2 aliphatic rings. The molecular weight excluding hydrogens is 224 g/mol. The van der Waals surface area contributed by atoms with Gasteiger partial charge < -0.3 is 10.6 Å². The fourth-order valence-corrected chi connectivity index (χ4v) is 3.20. The lowest BCUT2D eigenvalue weighted by Gasteiger charge is -2.35. The molecule has 1 aliphatic carbocycles. The zero-order chi connectivity index (χ0) is 12.6. The van der Waals surface area contributed by atoms with Gasteiger partial charge in [-0.15, -0.1) is 0 Å². The highest BCUT2D eigenvalue weighted by Gasteiger charge is 2.40. The summed E-state index contributed by atoms with van der Waals surface area (Å²) < 4.78 is 0. The van der Waals surface area contributed by atoms with Gasteiger partial charge in [-0.3, -0.25) is 4.79 Å². The summed E-state index contributed by atoms with van der Waals surface area (Å²) in [6, 6.07) is 8.38. The van der Waals surface area contributed by atoms with Crippen LogP contribution < -0.4 is 5.73 Å². The lowest BCUT2D eigenvalue weighted by atomic mass is 9.94. The molecule has 1 aromatic rings. The Hall–Kier alpha value is -1.35. The van der Waals surface area contributed by atoms with Crippen LogP contribution in [0.5, 0.6) is 0 Å². The third kappa shape index (κ3) is 1.93. The van der Waals surface area contributed by atoms with Crippen LogP contribution in [-0.4, -0.2) is 22.9 Å². The van der Waals surface area contributed by atoms with Gasteiger partial charge in [-0.1, -0.05) is 37.1 Å². The van der Waals surface area contributed by atoms with Gasteiger partial charge in [-0.2, -0.15) is 0 Å². The number of benzene rings is 1. The van der Waals surface area contributed by atoms with Crippen LogP contribution in [0.1, 0.15) is 36.8 Å². The minimum atomic E-state index is -0.577. The Morgan fingerprint density at radius 1 is 1.17 bits per heavy atom. The maximum Gasteiger partial charge on any atom is 0.242 e. The Labute approximate surface area is 108 Å². The van der Waals surface area contributed by atoms with E-state index in [-0.39, 0.29) is 5.91 Å². The highest BCUT2D eigenvalue weighted by Crippen LogP contribution is 2.30. The van der Waals surface area contributed by atoms with Crippen molar-refractivity contribution >= 4 is 5.91 Å². The maximum absolute atomic E-state index is 12.5. The molecule has 1 fully saturated rings. The highest BCUT2D eigenvalue weighted by molar-refractivity contribution is 5.86. The van der Waals surface area contributed by atoms with Crippen molar-refractivity contribution in [2.75, 3.05) is 6.54 Å². The van der Waals surface area contributed by atoms with Gasteiger partial charge in [0.1, 0.15) is 0 Å². The van der Waals surface area contributed by atoms with E-state index in [4.69, 9.17) is 5.73 Å². The van der Waals surface area contributed by atoms with Gasteiger partial charge in [-0.05, 0) is 30.4 Å². The summed E-state index contributed by atoms with van der Waals surface area (Å²) in [6.45, 7) is 1.54. The number of hydrogen-bond acceptors (Lipinski definition) is 2. The predicted molar refractivity (Wildman–Crippen MR) is 70.9 cm³/mol. The van der Waals surface area contributed by atoms with E-state index in [9.17, 15) is 4.79 Å². The molecule has 0 aromatic heterocycles. The van der Waals surface area contributed by atoms with E-state index < -0.39 is 5.54 Å². The number of rotatable bonds is 1. The summed E-state index contributed by atoms with van der Waals surface area (Å²) in [5, 5.41) is 0. The van der Waals surface area contributed by atoms with E-state index in [1.807, 2.05) is 11.0 Å². The van der Waals surface area contributed by atoms with Gasteiger partial charge in [0.15, 0.2) is 0 Å². The quantitative estimate of drug-likeness (QED) is 0.819. The molecule has 0 spiro atoms. The first-order chi connectivity index (χ1) is 8.69. The Kier molecular flexibility index (Phi) is 2.86. The summed E-state index contributed by atoms with van der Waals surface area (Å²) in [5.74, 6) is 0.162. The molecule has 0 atom stereocenters. The van der Waals surface area contributed by atoms with Crippen molar-refractivity contribution in [2.45, 2.75) is 44.2 Å². The second-order valence-electron chi connectivity index (χ2n) is 5.61. The van der Waals surface area contributed by atoms with Gasteiger partial charge in [-0.25, -0.2) is 0 Å². The monoisotopic (exact) mass is 244 g/mol. The normalized spacial score (nSPS) is 21.7. The SMILES string of the molecule is NC1(C(=O)N2CCc3ccccc3C2)CCCC1. The number of hydrogen-bond donors (Lipinski definition) is 1. The second kappa shape index (κ2) is 4.39. The molecule has 1 aromatic carbocycles. The molecule has 1 saturated carbocycles. The first kappa shape index (κ1) is 11.7. The lowest BCUT2D eigenvalue weighted by Crippen LogP contribution is -2.54. The summed E-state index contributed by atoms with van der Waals surface area (Å²) in [7, 11) is 0. The minimum Gasteiger partial charge on any atom is -0.336 e. The molecule has 18 heavy (non-hydrogen) atoms. The molecule has 0 unspecified atom stereocenters. The van der Waals surface area contributed by atoms with E-state index in [0.29, 0.717) is 0 Å². The number of carbonyl (C=O) groups is 1. The first-order valence-electron chi connectivity index (χ1n) is 6.84. The Bertz CT molecular complexity index is 463. The molecule has 3 rings (SSSR count). The van der Waals surface area contributed by atoms with E-state index in [2.05, 4.69) is 18.2 Å². The van der Waals surface area contributed by atoms with Gasteiger partial charge >= 0.3 is 0 Å². The van der Waals surface area contributed by atoms with Crippen LogP contribution in [0.2, 0.25) is 0 Å². The van der Waals surface area contributed by atoms with Crippen LogP contribution in [0.25, 0.3) is 0 Å². The Morgan fingerprint density at radius 2 is 1.83 bits per heavy atom. The summed E-state index contributed by atoms with van der Waals surface area (Å²) >= 11 is 0. The molecule has 0 saturated heterocycles. The molecular formula is C15H20N2O. The molecule has 0 bridgehead atoms. The summed E-state index contributed by atoms with van der Waals surface area (Å²) in [5.41, 5.74) is 8.34. The van der Waals surface area contributed by atoms with Crippen LogP contribution in [-0.2, 0) is 17.8 Å². The second-order valence-corrected chi connectivity index (χ2v) is 5.61. The molecule has 96 valence electrons. The number of carbonyl (C=O) groups excluding carboxylic acids is 1. The zero-order valence-electron chi connectivity index (χ0n) is 10.7. The van der Waals surface area contributed by atoms with E-state index in [1.54, 1.807) is 0 Å². The molecule has 2 N–H and O–H groups in total. The number of nitrogens with two attached hydrogens (primary N) is 1. The van der Waals surface area contributed by atoms with E-state index >= 15 is 0 Å². The maximum atomic E-state index is 12.5. The molecule has 1 amide bonds. The largest absolute Gasteiger partial charge is 0.336 e. The van der Waals surface area contributed by atoms with Crippen molar-refractivity contribution in [3.05, 3.63) is 35.4 Å². The topological polar surface area (TPSA) is 46.3 Å². The lowest BCUT2D eigenvalue weighted by molar-refractivity contribution is -0.137. The number of fused-ring (bicyclic) bond motifs is 1. The standard InChI is InChI=1S/C15H20N2O/c16-15(8-3-4-9-15)14(18)17-10-7-12-5-1-2-6-13(12)11-17/h1-2,5-6H,3-4,7-11,16H2. The molecule has 3 heteroatoms. The number of nitrogens with zero attached hydrogens (tertiary/aromatic N) is 1. The van der Waals surface area contributed by atoms with Crippen LogP contribution >= 0.6 is 0 Å². The van der Waals surface area contributed by atoms with Gasteiger partial charge in [0.25, 0.3) is 0 Å². The van der Waals surface area contributed by atoms with Crippen LogP contribution in [0, 0.1) is 0 Å². The fourth-order valence-electron chi connectivity index (χ4n) is 3.20. The first-order valence-corrected chi connectivity index (χ1v) is 6.84. The molecule has 1 heterocycles. The predicted octanol–water partition coefficient (Wildman–Crippen LogP) is 1.84. The van der Waals surface area contributed by atoms with Gasteiger partial charge in [0.2, 0.25) is 5.91 Å². The van der Waals surface area contributed by atoms with Gasteiger partial charge in [0.05, 0.1) is 5.54 Å². The van der Waals surface area contributed by atoms with Crippen LogP contribution in [0.15, 0.2) is 24.3 Å². The summed E-state index contributed by atoms with van der Waals surface area (Å²) in [6.07, 6.45) is 4.84. The van der Waals surface area contributed by atoms with Crippen LogP contribution in [0.3, 0.4) is 0 Å². The van der Waals surface area contributed by atoms with Crippen LogP contribution in [0.4, 0.5) is 0 Å². The Balaban J connectivity index is 1.78. The smallest absolute Gasteiger partial charge is 0.242 e. The van der Waals surface area contributed by atoms with Crippen molar-refractivity contribution in [3.63, 3.8) is 0 Å². The van der Waals surface area contributed by atoms with Crippen molar-refractivity contribution in [1.29, 1.82) is 0 Å². The molecule has 3 nitrogen and oxygen atoms in total. The van der Waals surface area contributed by atoms with Crippen molar-refractivity contribution in [2.24, 2.45) is 5.73 Å². The number of amides is 1. The fraction of sp³-hybridized carbons (Fsp3) is 0.533. The Morgan fingerprint density at radius 3 is 2.56 bits per heavy atom. The average molecular weight is 244 g/mol. The highest BCUT2D eigenvalue weighted by atomic mass is 16.2. The minimum absolute atomic E-state index is 0.162. The van der Waals surface area contributed by atoms with Crippen molar-refractivity contribution in [1.82, 2.24) is 4.90 Å². The van der Waals surface area contributed by atoms with Crippen molar-refractivity contribution < 1.29 is 4.79 Å². The van der Waals surface area contributed by atoms with Gasteiger partial charge in [0, 0.05) is 13.1 Å². The molecule has 1 aliphatic heterocycles. The molecule has 0 radical (unpaired) electrons. The van der Waals surface area contributed by atoms with Crippen molar-refractivity contribution in [3.8, 4) is 0 Å². The summed E-state index contributed by atoms with van der Waals surface area (Å²) in [4.78, 5) is 14.5. The zero-order valence-corrected chi connectivity index (χ0v) is 10.7. The third-order valence-corrected chi connectivity index (χ3v) is 4.34. The average Bonchev–Trinajstić information content (AvgIpc) is 2.85. The van der Waals surface area contributed by atoms with E-state index in [0.717, 1.165) is 45.2 Å².